The topological polar surface area (TPSA) is 17.1 Å². The molecule has 1 nitrogen and oxygen atoms in total. The molecule has 0 fully saturated rings. The highest BCUT2D eigenvalue weighted by Gasteiger charge is 2.14. The Morgan fingerprint density at radius 1 is 1.86 bits per heavy atom. The number of carbonyl (C=O) groups excluding carboxylic acids is 1. The maximum atomic E-state index is 10.4. The second-order valence-electron chi connectivity index (χ2n) is 1.51. The molecular weight excluding hydrogens is 156 g/mol. The quantitative estimate of drug-likeness (QED) is 0.489. The molecule has 0 unspecified atom stereocenters. The van der Waals surface area contributed by atoms with E-state index in [2.05, 4.69) is 15.9 Å². The van der Waals surface area contributed by atoms with Gasteiger partial charge in [-0.2, -0.15) is 0 Å². The van der Waals surface area contributed by atoms with Crippen molar-refractivity contribution in [2.24, 2.45) is 0 Å². The number of carbonyl (C=O) groups is 1. The average Bonchev–Trinajstić information content (AvgIpc) is 1.91. The van der Waals surface area contributed by atoms with E-state index in [1.807, 2.05) is 6.08 Å². The Kier molecular flexibility index (Phi) is 1.28. The number of alkyl halides is 1. The molecule has 0 aromatic carbocycles. The zero-order valence-corrected chi connectivity index (χ0v) is 5.31. The Morgan fingerprint density at radius 3 is 2.71 bits per heavy atom. The highest BCUT2D eigenvalue weighted by molar-refractivity contribution is 9.10. The molecule has 0 spiro atoms. The van der Waals surface area contributed by atoms with Gasteiger partial charge in [0, 0.05) is 0 Å². The standard InChI is InChI=1S/C5H5BrO/c6-4-2-1-3-5(4)7/h1,3-4H,2H2/t4-/m0/s1. The van der Waals surface area contributed by atoms with E-state index >= 15 is 0 Å². The van der Waals surface area contributed by atoms with Crippen LogP contribution in [0.3, 0.4) is 0 Å². The van der Waals surface area contributed by atoms with Crippen molar-refractivity contribution >= 4 is 21.7 Å². The zero-order valence-electron chi connectivity index (χ0n) is 3.73. The largest absolute Gasteiger partial charge is 0.294 e. The lowest BCUT2D eigenvalue weighted by atomic mass is 10.3. The smallest absolute Gasteiger partial charge is 0.169 e. The molecule has 0 radical (unpaired) electrons. The Balaban J connectivity index is 2.62. The van der Waals surface area contributed by atoms with E-state index in [4.69, 9.17) is 0 Å². The molecule has 7 heavy (non-hydrogen) atoms. The number of rotatable bonds is 0. The Bertz CT molecular complexity index is 117. The van der Waals surface area contributed by atoms with Crippen LogP contribution in [-0.2, 0) is 4.79 Å². The summed E-state index contributed by atoms with van der Waals surface area (Å²) in [6.07, 6.45) is 4.35. The molecule has 0 aromatic heterocycles. The third-order valence-corrected chi connectivity index (χ3v) is 1.76. The van der Waals surface area contributed by atoms with Gasteiger partial charge in [0.2, 0.25) is 0 Å². The predicted molar refractivity (Wildman–Crippen MR) is 31.5 cm³/mol. The van der Waals surface area contributed by atoms with Gasteiger partial charge in [0.1, 0.15) is 0 Å². The zero-order chi connectivity index (χ0) is 5.28. The van der Waals surface area contributed by atoms with Crippen molar-refractivity contribution in [1.29, 1.82) is 0 Å². The van der Waals surface area contributed by atoms with Crippen LogP contribution in [0.25, 0.3) is 0 Å². The van der Waals surface area contributed by atoms with Gasteiger partial charge < -0.3 is 0 Å². The van der Waals surface area contributed by atoms with Crippen molar-refractivity contribution in [1.82, 2.24) is 0 Å². The van der Waals surface area contributed by atoms with Crippen LogP contribution in [-0.4, -0.2) is 10.6 Å². The minimum Gasteiger partial charge on any atom is -0.294 e. The highest BCUT2D eigenvalue weighted by Crippen LogP contribution is 2.13. The summed E-state index contributed by atoms with van der Waals surface area (Å²) < 4.78 is 0. The number of ketones is 1. The van der Waals surface area contributed by atoms with Crippen LogP contribution < -0.4 is 0 Å². The van der Waals surface area contributed by atoms with E-state index in [-0.39, 0.29) is 10.6 Å². The fourth-order valence-electron chi connectivity index (χ4n) is 0.524. The molecule has 1 aliphatic carbocycles. The lowest BCUT2D eigenvalue weighted by molar-refractivity contribution is -0.113. The number of hydrogen-bond acceptors (Lipinski definition) is 1. The normalized spacial score (nSPS) is 29.3. The molecule has 0 N–H and O–H groups in total. The van der Waals surface area contributed by atoms with E-state index in [9.17, 15) is 4.79 Å². The molecule has 0 aliphatic heterocycles. The summed E-state index contributed by atoms with van der Waals surface area (Å²) in [5.41, 5.74) is 0. The van der Waals surface area contributed by atoms with E-state index in [1.54, 1.807) is 6.08 Å². The number of allylic oxidation sites excluding steroid dienone is 2. The summed E-state index contributed by atoms with van der Waals surface area (Å²) in [6.45, 7) is 0. The molecule has 0 bridgehead atoms. The van der Waals surface area contributed by atoms with Gasteiger partial charge in [-0.05, 0) is 12.5 Å². The summed E-state index contributed by atoms with van der Waals surface area (Å²) in [6, 6.07) is 0. The number of hydrogen-bond donors (Lipinski definition) is 0. The van der Waals surface area contributed by atoms with Crippen LogP contribution in [0.5, 0.6) is 0 Å². The van der Waals surface area contributed by atoms with Crippen LogP contribution in [0.2, 0.25) is 0 Å². The van der Waals surface area contributed by atoms with Gasteiger partial charge in [0.15, 0.2) is 5.78 Å². The molecule has 0 saturated heterocycles. The van der Waals surface area contributed by atoms with E-state index in [0.29, 0.717) is 0 Å². The van der Waals surface area contributed by atoms with E-state index < -0.39 is 0 Å². The molecular formula is C5H5BrO. The van der Waals surface area contributed by atoms with Gasteiger partial charge in [-0.1, -0.05) is 22.0 Å². The van der Waals surface area contributed by atoms with Crippen LogP contribution in [0.4, 0.5) is 0 Å². The Morgan fingerprint density at radius 2 is 2.57 bits per heavy atom. The fourth-order valence-corrected chi connectivity index (χ4v) is 0.893. The van der Waals surface area contributed by atoms with Crippen LogP contribution in [0.1, 0.15) is 6.42 Å². The molecule has 0 aromatic rings. The number of halogens is 1. The molecule has 38 valence electrons. The highest BCUT2D eigenvalue weighted by atomic mass is 79.9. The predicted octanol–water partition coefficient (Wildman–Crippen LogP) is 1.28. The summed E-state index contributed by atoms with van der Waals surface area (Å²) in [5.74, 6) is 0.194. The van der Waals surface area contributed by atoms with Gasteiger partial charge in [0.05, 0.1) is 4.83 Å². The van der Waals surface area contributed by atoms with Crippen molar-refractivity contribution in [2.45, 2.75) is 11.2 Å². The maximum Gasteiger partial charge on any atom is 0.169 e. The minimum atomic E-state index is 0.0764. The summed E-state index contributed by atoms with van der Waals surface area (Å²) in [5, 5.41) is 0. The van der Waals surface area contributed by atoms with Crippen LogP contribution in [0.15, 0.2) is 12.2 Å². The third-order valence-electron chi connectivity index (χ3n) is 0.934. The van der Waals surface area contributed by atoms with Crippen molar-refractivity contribution < 1.29 is 4.79 Å². The lowest BCUT2D eigenvalue weighted by Crippen LogP contribution is -2.02. The fraction of sp³-hybridized carbons (Fsp3) is 0.400. The van der Waals surface area contributed by atoms with Gasteiger partial charge in [-0.15, -0.1) is 0 Å². The summed E-state index contributed by atoms with van der Waals surface area (Å²) in [7, 11) is 0. The van der Waals surface area contributed by atoms with Gasteiger partial charge in [-0.3, -0.25) is 4.79 Å². The van der Waals surface area contributed by atoms with E-state index in [1.165, 1.54) is 0 Å². The first-order valence-corrected chi connectivity index (χ1v) is 3.07. The molecule has 2 heteroatoms. The van der Waals surface area contributed by atoms with Gasteiger partial charge >= 0.3 is 0 Å². The molecule has 1 rings (SSSR count). The summed E-state index contributed by atoms with van der Waals surface area (Å²) in [4.78, 5) is 10.5. The average molecular weight is 161 g/mol. The molecule has 0 heterocycles. The third kappa shape index (κ3) is 0.911. The Hall–Kier alpha value is -0.110. The monoisotopic (exact) mass is 160 g/mol. The first-order valence-electron chi connectivity index (χ1n) is 2.15. The first kappa shape index (κ1) is 5.04. The van der Waals surface area contributed by atoms with Crippen molar-refractivity contribution in [3.05, 3.63) is 12.2 Å². The first-order chi connectivity index (χ1) is 3.30. The molecule has 1 aliphatic rings. The molecule has 0 saturated carbocycles. The Labute approximate surface area is 50.5 Å². The lowest BCUT2D eigenvalue weighted by Gasteiger charge is -1.89. The molecule has 1 atom stereocenters. The van der Waals surface area contributed by atoms with Crippen molar-refractivity contribution in [2.75, 3.05) is 0 Å². The van der Waals surface area contributed by atoms with Gasteiger partial charge in [-0.25, -0.2) is 0 Å². The van der Waals surface area contributed by atoms with Crippen molar-refractivity contribution in [3.8, 4) is 0 Å². The molecule has 0 amide bonds. The summed E-state index contributed by atoms with van der Waals surface area (Å²) >= 11 is 3.19. The van der Waals surface area contributed by atoms with Gasteiger partial charge in [0.25, 0.3) is 0 Å². The second kappa shape index (κ2) is 1.78. The SMILES string of the molecule is O=C1C=CC[C@@H]1Br. The maximum absolute atomic E-state index is 10.4. The minimum absolute atomic E-state index is 0.0764. The van der Waals surface area contributed by atoms with Crippen LogP contribution >= 0.6 is 15.9 Å². The second-order valence-corrected chi connectivity index (χ2v) is 2.61. The van der Waals surface area contributed by atoms with Crippen molar-refractivity contribution in [3.63, 3.8) is 0 Å². The van der Waals surface area contributed by atoms with Crippen LogP contribution in [0, 0.1) is 0 Å². The van der Waals surface area contributed by atoms with E-state index in [0.717, 1.165) is 6.42 Å².